The number of aryl methyl sites for hydroxylation is 3. The van der Waals surface area contributed by atoms with Crippen LogP contribution in [0, 0.1) is 20.8 Å². The number of oxazole rings is 1. The molecule has 1 aliphatic heterocycles. The molecule has 0 saturated heterocycles. The van der Waals surface area contributed by atoms with Crippen LogP contribution in [0.1, 0.15) is 58.4 Å². The van der Waals surface area contributed by atoms with E-state index in [4.69, 9.17) is 9.52 Å². The van der Waals surface area contributed by atoms with Crippen molar-refractivity contribution in [2.45, 2.75) is 53.6 Å². The lowest BCUT2D eigenvalue weighted by Crippen LogP contribution is -2.37. The molecule has 1 aliphatic rings. The van der Waals surface area contributed by atoms with Crippen LogP contribution in [0.5, 0.6) is 0 Å². The Bertz CT molecular complexity index is 1040. The summed E-state index contributed by atoms with van der Waals surface area (Å²) < 4.78 is 7.80. The molecule has 28 heavy (non-hydrogen) atoms. The van der Waals surface area contributed by atoms with Gasteiger partial charge in [0.15, 0.2) is 5.69 Å². The molecule has 0 saturated carbocycles. The summed E-state index contributed by atoms with van der Waals surface area (Å²) in [4.78, 5) is 19.5. The van der Waals surface area contributed by atoms with Gasteiger partial charge in [-0.15, -0.1) is 0 Å². The second-order valence-electron chi connectivity index (χ2n) is 7.88. The number of benzene rings is 1. The number of carbonyl (C=O) groups excluding carboxylic acids is 1. The fraction of sp³-hybridized carbons (Fsp3) is 0.409. The summed E-state index contributed by atoms with van der Waals surface area (Å²) in [6.45, 7) is 11.3. The van der Waals surface area contributed by atoms with Gasteiger partial charge in [0.25, 0.3) is 5.91 Å². The molecular weight excluding hydrogens is 352 g/mol. The summed E-state index contributed by atoms with van der Waals surface area (Å²) in [6.07, 6.45) is 2.48. The van der Waals surface area contributed by atoms with Crippen molar-refractivity contribution in [2.75, 3.05) is 6.54 Å². The van der Waals surface area contributed by atoms with E-state index in [-0.39, 0.29) is 11.9 Å². The monoisotopic (exact) mass is 378 g/mol. The van der Waals surface area contributed by atoms with Crippen molar-refractivity contribution in [3.63, 3.8) is 0 Å². The molecular formula is C22H26N4O2. The van der Waals surface area contributed by atoms with Gasteiger partial charge < -0.3 is 9.32 Å². The molecule has 4 rings (SSSR count). The molecule has 0 unspecified atom stereocenters. The van der Waals surface area contributed by atoms with E-state index in [0.29, 0.717) is 19.0 Å². The van der Waals surface area contributed by atoms with Gasteiger partial charge in [0.2, 0.25) is 5.89 Å². The highest BCUT2D eigenvalue weighted by molar-refractivity contribution is 5.96. The van der Waals surface area contributed by atoms with E-state index < -0.39 is 0 Å². The van der Waals surface area contributed by atoms with Crippen molar-refractivity contribution in [3.05, 3.63) is 58.1 Å². The standard InChI is InChI=1S/C22H26N4O2/c1-13(2)26-19-8-9-25(22(27)17-7-6-14(3)10-15(17)4)12-18(19)20(24-26)21-23-11-16(5)28-21/h6-7,10-11,13H,8-9,12H2,1-5H3. The maximum atomic E-state index is 13.2. The van der Waals surface area contributed by atoms with E-state index in [1.807, 2.05) is 42.5 Å². The van der Waals surface area contributed by atoms with E-state index in [1.165, 1.54) is 5.69 Å². The number of aromatic nitrogens is 3. The average Bonchev–Trinajstić information content (AvgIpc) is 3.24. The summed E-state index contributed by atoms with van der Waals surface area (Å²) in [5.41, 5.74) is 5.89. The molecule has 3 aromatic rings. The first-order valence-electron chi connectivity index (χ1n) is 9.74. The van der Waals surface area contributed by atoms with Gasteiger partial charge in [0, 0.05) is 35.8 Å². The highest BCUT2D eigenvalue weighted by Gasteiger charge is 2.31. The van der Waals surface area contributed by atoms with Crippen LogP contribution in [0.3, 0.4) is 0 Å². The van der Waals surface area contributed by atoms with Gasteiger partial charge in [-0.05, 0) is 46.2 Å². The molecule has 0 N–H and O–H groups in total. The van der Waals surface area contributed by atoms with Gasteiger partial charge in [-0.25, -0.2) is 4.98 Å². The van der Waals surface area contributed by atoms with Crippen LogP contribution in [0.2, 0.25) is 0 Å². The lowest BCUT2D eigenvalue weighted by Gasteiger charge is -2.29. The Kier molecular flexibility index (Phi) is 4.57. The van der Waals surface area contributed by atoms with Crippen molar-refractivity contribution in [1.29, 1.82) is 0 Å². The van der Waals surface area contributed by atoms with Crippen LogP contribution in [-0.4, -0.2) is 32.1 Å². The molecule has 0 bridgehead atoms. The van der Waals surface area contributed by atoms with Gasteiger partial charge in [-0.3, -0.25) is 9.48 Å². The van der Waals surface area contributed by atoms with E-state index in [1.54, 1.807) is 6.20 Å². The summed E-state index contributed by atoms with van der Waals surface area (Å²) in [5, 5.41) is 4.79. The molecule has 1 aromatic carbocycles. The molecule has 0 aliphatic carbocycles. The maximum absolute atomic E-state index is 13.2. The number of nitrogens with zero attached hydrogens (tertiary/aromatic N) is 4. The molecule has 6 heteroatoms. The molecule has 3 heterocycles. The number of carbonyl (C=O) groups is 1. The molecule has 0 radical (unpaired) electrons. The Morgan fingerprint density at radius 3 is 2.64 bits per heavy atom. The third-order valence-electron chi connectivity index (χ3n) is 5.30. The third kappa shape index (κ3) is 3.13. The highest BCUT2D eigenvalue weighted by atomic mass is 16.4. The minimum Gasteiger partial charge on any atom is -0.440 e. The van der Waals surface area contributed by atoms with Gasteiger partial charge in [-0.2, -0.15) is 5.10 Å². The molecule has 146 valence electrons. The molecule has 1 amide bonds. The number of hydrogen-bond acceptors (Lipinski definition) is 4. The Balaban J connectivity index is 1.72. The van der Waals surface area contributed by atoms with Crippen molar-refractivity contribution in [3.8, 4) is 11.6 Å². The summed E-state index contributed by atoms with van der Waals surface area (Å²) in [5.74, 6) is 1.34. The maximum Gasteiger partial charge on any atom is 0.254 e. The van der Waals surface area contributed by atoms with E-state index in [9.17, 15) is 4.79 Å². The quantitative estimate of drug-likeness (QED) is 0.684. The fourth-order valence-corrected chi connectivity index (χ4v) is 3.91. The Hall–Kier alpha value is -2.89. The zero-order chi connectivity index (χ0) is 20.0. The summed E-state index contributed by atoms with van der Waals surface area (Å²) in [6, 6.07) is 6.21. The van der Waals surface area contributed by atoms with Crippen LogP contribution >= 0.6 is 0 Å². The van der Waals surface area contributed by atoms with Crippen molar-refractivity contribution in [2.24, 2.45) is 0 Å². The van der Waals surface area contributed by atoms with Gasteiger partial charge in [-0.1, -0.05) is 17.7 Å². The molecule has 0 atom stereocenters. The second-order valence-corrected chi connectivity index (χ2v) is 7.88. The van der Waals surface area contributed by atoms with Crippen molar-refractivity contribution < 1.29 is 9.21 Å². The first kappa shape index (κ1) is 18.5. The van der Waals surface area contributed by atoms with Crippen molar-refractivity contribution >= 4 is 5.91 Å². The molecule has 0 spiro atoms. The zero-order valence-corrected chi connectivity index (χ0v) is 17.1. The van der Waals surface area contributed by atoms with Crippen LogP contribution in [0.25, 0.3) is 11.6 Å². The molecule has 6 nitrogen and oxygen atoms in total. The molecule has 2 aromatic heterocycles. The van der Waals surface area contributed by atoms with Gasteiger partial charge in [0.1, 0.15) is 5.76 Å². The summed E-state index contributed by atoms with van der Waals surface area (Å²) >= 11 is 0. The summed E-state index contributed by atoms with van der Waals surface area (Å²) in [7, 11) is 0. The minimum absolute atomic E-state index is 0.0648. The number of hydrogen-bond donors (Lipinski definition) is 0. The average molecular weight is 378 g/mol. The number of fused-ring (bicyclic) bond motifs is 1. The largest absolute Gasteiger partial charge is 0.440 e. The molecule has 0 fully saturated rings. The van der Waals surface area contributed by atoms with Crippen LogP contribution in [-0.2, 0) is 13.0 Å². The zero-order valence-electron chi connectivity index (χ0n) is 17.1. The third-order valence-corrected chi connectivity index (χ3v) is 5.30. The predicted octanol–water partition coefficient (Wildman–Crippen LogP) is 4.24. The van der Waals surface area contributed by atoms with Crippen LogP contribution in [0.15, 0.2) is 28.8 Å². The van der Waals surface area contributed by atoms with E-state index >= 15 is 0 Å². The first-order valence-corrected chi connectivity index (χ1v) is 9.74. The Morgan fingerprint density at radius 1 is 1.21 bits per heavy atom. The second kappa shape index (κ2) is 6.93. The highest BCUT2D eigenvalue weighted by Crippen LogP contribution is 2.32. The van der Waals surface area contributed by atoms with Crippen LogP contribution in [0.4, 0.5) is 0 Å². The lowest BCUT2D eigenvalue weighted by atomic mass is 10.0. The SMILES string of the molecule is Cc1ccc(C(=O)N2CCc3c(c(-c4ncc(C)o4)nn3C(C)C)C2)c(C)c1. The van der Waals surface area contributed by atoms with Crippen LogP contribution < -0.4 is 0 Å². The lowest BCUT2D eigenvalue weighted by molar-refractivity contribution is 0.0732. The normalized spacial score (nSPS) is 13.9. The number of rotatable bonds is 3. The van der Waals surface area contributed by atoms with E-state index in [2.05, 4.69) is 24.9 Å². The first-order chi connectivity index (χ1) is 13.3. The minimum atomic E-state index is 0.0648. The fourth-order valence-electron chi connectivity index (χ4n) is 3.91. The predicted molar refractivity (Wildman–Crippen MR) is 107 cm³/mol. The van der Waals surface area contributed by atoms with Gasteiger partial charge >= 0.3 is 0 Å². The van der Waals surface area contributed by atoms with Crippen molar-refractivity contribution in [1.82, 2.24) is 19.7 Å². The van der Waals surface area contributed by atoms with E-state index in [0.717, 1.165) is 40.1 Å². The Labute approximate surface area is 165 Å². The topological polar surface area (TPSA) is 64.2 Å². The number of amides is 1. The Morgan fingerprint density at radius 2 is 2.00 bits per heavy atom. The van der Waals surface area contributed by atoms with Gasteiger partial charge in [0.05, 0.1) is 12.7 Å². The smallest absolute Gasteiger partial charge is 0.254 e.